The van der Waals surface area contributed by atoms with Gasteiger partial charge in [0, 0.05) is 36.0 Å². The number of aromatic nitrogens is 7. The van der Waals surface area contributed by atoms with Gasteiger partial charge in [0.1, 0.15) is 17.0 Å². The van der Waals surface area contributed by atoms with Gasteiger partial charge >= 0.3 is 0 Å². The highest BCUT2D eigenvalue weighted by Gasteiger charge is 2.16. The van der Waals surface area contributed by atoms with Crippen LogP contribution in [0.15, 0.2) is 67.1 Å². The van der Waals surface area contributed by atoms with E-state index < -0.39 is 0 Å². The third kappa shape index (κ3) is 2.88. The number of aryl methyl sites for hydroxylation is 1. The zero-order chi connectivity index (χ0) is 20.9. The first-order valence-electron chi connectivity index (χ1n) is 9.74. The maximum atomic E-state index is 13.4. The van der Waals surface area contributed by atoms with Gasteiger partial charge in [-0.2, -0.15) is 10.2 Å². The summed E-state index contributed by atoms with van der Waals surface area (Å²) in [5, 5.41) is 12.8. The summed E-state index contributed by atoms with van der Waals surface area (Å²) in [6.07, 6.45) is 5.53. The zero-order valence-corrected chi connectivity index (χ0v) is 16.5. The number of pyridine rings is 1. The second-order valence-electron chi connectivity index (χ2n) is 7.38. The van der Waals surface area contributed by atoms with Crippen molar-refractivity contribution in [2.24, 2.45) is 7.05 Å². The minimum Gasteiger partial charge on any atom is -0.336 e. The Hall–Kier alpha value is -4.33. The van der Waals surface area contributed by atoms with Crippen molar-refractivity contribution in [2.75, 3.05) is 0 Å². The standard InChI is InChI=1S/C23H16FN7/c1-31-12-15(11-26-31)14-4-7-18-17(10-14)21(30-29-18)23-27-19-8-9-25-20(22(19)28-23)13-2-5-16(24)6-3-13/h2-12H,1H3,(H,27,28)(H,29,30). The number of fused-ring (bicyclic) bond motifs is 2. The Morgan fingerprint density at radius 3 is 2.55 bits per heavy atom. The highest BCUT2D eigenvalue weighted by molar-refractivity contribution is 5.97. The lowest BCUT2D eigenvalue weighted by Gasteiger charge is -2.01. The first kappa shape index (κ1) is 17.5. The molecule has 0 saturated carbocycles. The molecule has 0 radical (unpaired) electrons. The molecule has 6 aromatic rings. The third-order valence-corrected chi connectivity index (χ3v) is 5.34. The topological polar surface area (TPSA) is 88.1 Å². The summed E-state index contributed by atoms with van der Waals surface area (Å²) in [6, 6.07) is 14.2. The summed E-state index contributed by atoms with van der Waals surface area (Å²) in [6.45, 7) is 0. The monoisotopic (exact) mass is 409 g/mol. The van der Waals surface area contributed by atoms with Crippen LogP contribution in [0.2, 0.25) is 0 Å². The van der Waals surface area contributed by atoms with E-state index in [4.69, 9.17) is 4.98 Å². The Balaban J connectivity index is 1.50. The molecule has 0 atom stereocenters. The lowest BCUT2D eigenvalue weighted by Crippen LogP contribution is -1.86. The van der Waals surface area contributed by atoms with E-state index in [2.05, 4.69) is 31.3 Å². The summed E-state index contributed by atoms with van der Waals surface area (Å²) in [5.74, 6) is 0.354. The Morgan fingerprint density at radius 2 is 1.74 bits per heavy atom. The van der Waals surface area contributed by atoms with Gasteiger partial charge in [-0.3, -0.25) is 14.8 Å². The van der Waals surface area contributed by atoms with E-state index in [1.54, 1.807) is 23.0 Å². The Kier molecular flexibility index (Phi) is 3.73. The van der Waals surface area contributed by atoms with Crippen LogP contribution in [0.5, 0.6) is 0 Å². The number of halogens is 1. The highest BCUT2D eigenvalue weighted by atomic mass is 19.1. The van der Waals surface area contributed by atoms with Crippen LogP contribution in [0.25, 0.3) is 55.8 Å². The van der Waals surface area contributed by atoms with E-state index in [0.29, 0.717) is 17.0 Å². The molecule has 0 unspecified atom stereocenters. The van der Waals surface area contributed by atoms with Crippen LogP contribution in [-0.2, 0) is 7.05 Å². The van der Waals surface area contributed by atoms with Gasteiger partial charge in [0.2, 0.25) is 0 Å². The minimum absolute atomic E-state index is 0.286. The largest absolute Gasteiger partial charge is 0.336 e. The van der Waals surface area contributed by atoms with Crippen molar-refractivity contribution in [3.63, 3.8) is 0 Å². The maximum absolute atomic E-state index is 13.4. The second kappa shape index (κ2) is 6.60. The molecule has 6 rings (SSSR count). The molecule has 2 aromatic carbocycles. The van der Waals surface area contributed by atoms with Crippen molar-refractivity contribution in [3.05, 3.63) is 72.9 Å². The number of hydrogen-bond acceptors (Lipinski definition) is 4. The number of imidazole rings is 1. The first-order chi connectivity index (χ1) is 15.2. The smallest absolute Gasteiger partial charge is 0.159 e. The number of nitrogens with one attached hydrogen (secondary N) is 2. The molecule has 0 aliphatic carbocycles. The molecule has 0 fully saturated rings. The second-order valence-corrected chi connectivity index (χ2v) is 7.38. The number of benzene rings is 2. The van der Waals surface area contributed by atoms with Crippen molar-refractivity contribution in [1.82, 2.24) is 34.9 Å². The molecule has 2 N–H and O–H groups in total. The summed E-state index contributed by atoms with van der Waals surface area (Å²) in [5.41, 5.74) is 6.76. The quantitative estimate of drug-likeness (QED) is 0.443. The molecular weight excluding hydrogens is 393 g/mol. The zero-order valence-electron chi connectivity index (χ0n) is 16.5. The van der Waals surface area contributed by atoms with Crippen molar-refractivity contribution in [1.29, 1.82) is 0 Å². The van der Waals surface area contributed by atoms with Crippen LogP contribution in [0, 0.1) is 5.82 Å². The molecular formula is C23H16FN7. The molecule has 4 heterocycles. The molecule has 0 saturated heterocycles. The van der Waals surface area contributed by atoms with Crippen LogP contribution in [0.1, 0.15) is 0 Å². The number of nitrogens with zero attached hydrogens (tertiary/aromatic N) is 5. The van der Waals surface area contributed by atoms with Gasteiger partial charge in [0.25, 0.3) is 0 Å². The number of H-pyrrole nitrogens is 2. The molecule has 0 amide bonds. The minimum atomic E-state index is -0.286. The summed E-state index contributed by atoms with van der Waals surface area (Å²) >= 11 is 0. The van der Waals surface area contributed by atoms with Gasteiger partial charge in [-0.15, -0.1) is 0 Å². The molecule has 4 aromatic heterocycles. The number of aromatic amines is 2. The van der Waals surface area contributed by atoms with Gasteiger partial charge in [0.15, 0.2) is 5.82 Å². The predicted molar refractivity (Wildman–Crippen MR) is 117 cm³/mol. The molecule has 150 valence electrons. The van der Waals surface area contributed by atoms with Crippen molar-refractivity contribution in [2.45, 2.75) is 0 Å². The molecule has 0 spiro atoms. The fourth-order valence-electron chi connectivity index (χ4n) is 3.81. The highest BCUT2D eigenvalue weighted by Crippen LogP contribution is 2.32. The summed E-state index contributed by atoms with van der Waals surface area (Å²) < 4.78 is 15.1. The van der Waals surface area contributed by atoms with E-state index in [0.717, 1.165) is 38.8 Å². The molecule has 31 heavy (non-hydrogen) atoms. The molecule has 8 heteroatoms. The summed E-state index contributed by atoms with van der Waals surface area (Å²) in [4.78, 5) is 12.6. The van der Waals surface area contributed by atoms with E-state index in [-0.39, 0.29) is 5.82 Å². The third-order valence-electron chi connectivity index (χ3n) is 5.34. The maximum Gasteiger partial charge on any atom is 0.159 e. The fourth-order valence-corrected chi connectivity index (χ4v) is 3.81. The molecule has 0 aliphatic rings. The van der Waals surface area contributed by atoms with Gasteiger partial charge < -0.3 is 4.98 Å². The van der Waals surface area contributed by atoms with E-state index in [9.17, 15) is 4.39 Å². The Bertz CT molecular complexity index is 1560. The molecule has 0 bridgehead atoms. The average Bonchev–Trinajstić information content (AvgIpc) is 3.51. The van der Waals surface area contributed by atoms with Crippen molar-refractivity contribution < 1.29 is 4.39 Å². The summed E-state index contributed by atoms with van der Waals surface area (Å²) in [7, 11) is 1.90. The van der Waals surface area contributed by atoms with Crippen LogP contribution in [0.4, 0.5) is 4.39 Å². The van der Waals surface area contributed by atoms with Gasteiger partial charge in [-0.25, -0.2) is 9.37 Å². The van der Waals surface area contributed by atoms with Crippen molar-refractivity contribution >= 4 is 21.9 Å². The van der Waals surface area contributed by atoms with Crippen LogP contribution in [0.3, 0.4) is 0 Å². The van der Waals surface area contributed by atoms with E-state index in [1.165, 1.54) is 12.1 Å². The number of hydrogen-bond donors (Lipinski definition) is 2. The van der Waals surface area contributed by atoms with Crippen molar-refractivity contribution in [3.8, 4) is 33.9 Å². The fraction of sp³-hybridized carbons (Fsp3) is 0.0435. The normalized spacial score (nSPS) is 11.5. The molecule has 7 nitrogen and oxygen atoms in total. The lowest BCUT2D eigenvalue weighted by atomic mass is 10.1. The van der Waals surface area contributed by atoms with E-state index in [1.807, 2.05) is 37.6 Å². The van der Waals surface area contributed by atoms with Gasteiger partial charge in [-0.05, 0) is 48.0 Å². The Morgan fingerprint density at radius 1 is 0.903 bits per heavy atom. The van der Waals surface area contributed by atoms with E-state index >= 15 is 0 Å². The SMILES string of the molecule is Cn1cc(-c2ccc3[nH]nc(-c4nc5c(-c6ccc(F)cc6)nccc5[nH]4)c3c2)cn1. The number of rotatable bonds is 3. The predicted octanol–water partition coefficient (Wildman–Crippen LogP) is 4.71. The Labute approximate surface area is 175 Å². The average molecular weight is 409 g/mol. The van der Waals surface area contributed by atoms with Gasteiger partial charge in [-0.1, -0.05) is 6.07 Å². The van der Waals surface area contributed by atoms with Crippen LogP contribution < -0.4 is 0 Å². The lowest BCUT2D eigenvalue weighted by molar-refractivity contribution is 0.628. The first-order valence-corrected chi connectivity index (χ1v) is 9.74. The molecule has 0 aliphatic heterocycles. The van der Waals surface area contributed by atoms with Crippen LogP contribution >= 0.6 is 0 Å². The van der Waals surface area contributed by atoms with Gasteiger partial charge in [0.05, 0.1) is 22.9 Å². The van der Waals surface area contributed by atoms with Crippen LogP contribution in [-0.4, -0.2) is 34.9 Å².